The first-order valence-electron chi connectivity index (χ1n) is 3.33. The Bertz CT molecular complexity index is 139. The molecule has 0 saturated heterocycles. The van der Waals surface area contributed by atoms with E-state index in [-0.39, 0.29) is 13.7 Å². The van der Waals surface area contributed by atoms with Gasteiger partial charge in [-0.15, -0.1) is 0 Å². The van der Waals surface area contributed by atoms with Crippen molar-refractivity contribution in [3.05, 3.63) is 7.43 Å². The van der Waals surface area contributed by atoms with Crippen molar-refractivity contribution in [1.29, 1.82) is 0 Å². The Morgan fingerprint density at radius 1 is 1.08 bits per heavy atom. The standard InChI is InChI=1S/C6H12O6.C/c7-1-3(9)5(11)6(12)4(10)2-8;/h1,3-6,8-12H,2H2;/t3-,4-,5-,6-;/m1./s1. The zero-order valence-electron chi connectivity index (χ0n) is 6.74. The van der Waals surface area contributed by atoms with Crippen molar-refractivity contribution in [2.24, 2.45) is 0 Å². The van der Waals surface area contributed by atoms with Crippen LogP contribution >= 0.6 is 0 Å². The third-order valence-electron chi connectivity index (χ3n) is 1.42. The van der Waals surface area contributed by atoms with Crippen LogP contribution in [0.5, 0.6) is 0 Å². The fraction of sp³-hybridized carbons (Fsp3) is 0.714. The van der Waals surface area contributed by atoms with E-state index >= 15 is 0 Å². The molecular formula is C7H12O6. The Balaban J connectivity index is 0. The summed E-state index contributed by atoms with van der Waals surface area (Å²) in [4.78, 5) is 9.90. The molecule has 0 fully saturated rings. The molecule has 0 aromatic carbocycles. The summed E-state index contributed by atoms with van der Waals surface area (Å²) in [7, 11) is 0. The number of aliphatic hydroxyl groups is 5. The highest BCUT2D eigenvalue weighted by molar-refractivity contribution is 5.56. The maximum atomic E-state index is 9.90. The molecule has 6 nitrogen and oxygen atoms in total. The second-order valence-corrected chi connectivity index (χ2v) is 2.36. The molecule has 4 atom stereocenters. The zero-order chi connectivity index (χ0) is 9.72. The minimum absolute atomic E-state index is 0. The maximum absolute atomic E-state index is 9.90. The van der Waals surface area contributed by atoms with Gasteiger partial charge in [-0.3, -0.25) is 0 Å². The molecule has 0 saturated carbocycles. The molecule has 0 aliphatic rings. The van der Waals surface area contributed by atoms with E-state index in [1.807, 2.05) is 0 Å². The smallest absolute Gasteiger partial charge is 0.151 e. The molecule has 0 bridgehead atoms. The Kier molecular flexibility index (Phi) is 7.98. The van der Waals surface area contributed by atoms with E-state index in [0.29, 0.717) is 0 Å². The summed E-state index contributed by atoms with van der Waals surface area (Å²) >= 11 is 0. The van der Waals surface area contributed by atoms with Gasteiger partial charge in [-0.2, -0.15) is 0 Å². The van der Waals surface area contributed by atoms with Crippen LogP contribution in [-0.2, 0) is 4.79 Å². The second kappa shape index (κ2) is 6.93. The van der Waals surface area contributed by atoms with Crippen molar-refractivity contribution in [3.63, 3.8) is 0 Å². The van der Waals surface area contributed by atoms with Crippen LogP contribution in [0, 0.1) is 7.43 Å². The van der Waals surface area contributed by atoms with Crippen molar-refractivity contribution in [2.45, 2.75) is 24.4 Å². The van der Waals surface area contributed by atoms with Gasteiger partial charge in [-0.1, -0.05) is 0 Å². The Hall–Kier alpha value is -0.530. The molecule has 5 N–H and O–H groups in total. The summed E-state index contributed by atoms with van der Waals surface area (Å²) < 4.78 is 0. The Morgan fingerprint density at radius 2 is 1.54 bits per heavy atom. The van der Waals surface area contributed by atoms with E-state index in [9.17, 15) is 4.79 Å². The van der Waals surface area contributed by atoms with Crippen LogP contribution in [0.4, 0.5) is 0 Å². The maximum Gasteiger partial charge on any atom is 0.151 e. The molecular weight excluding hydrogens is 180 g/mol. The number of aldehydes is 1. The van der Waals surface area contributed by atoms with E-state index in [4.69, 9.17) is 25.5 Å². The van der Waals surface area contributed by atoms with Crippen LogP contribution in [0.3, 0.4) is 0 Å². The lowest BCUT2D eigenvalue weighted by molar-refractivity contribution is -0.136. The van der Waals surface area contributed by atoms with Crippen LogP contribution < -0.4 is 0 Å². The molecule has 0 rings (SSSR count). The van der Waals surface area contributed by atoms with Gasteiger partial charge < -0.3 is 30.3 Å². The summed E-state index contributed by atoms with van der Waals surface area (Å²) in [5.74, 6) is 0. The lowest BCUT2D eigenvalue weighted by atomic mass is 10.0. The predicted molar refractivity (Wildman–Crippen MR) is 40.4 cm³/mol. The first-order valence-corrected chi connectivity index (χ1v) is 3.33. The summed E-state index contributed by atoms with van der Waals surface area (Å²) in [6.07, 6.45) is -6.84. The van der Waals surface area contributed by atoms with Crippen molar-refractivity contribution >= 4 is 6.29 Å². The molecule has 13 heavy (non-hydrogen) atoms. The highest BCUT2D eigenvalue weighted by Crippen LogP contribution is 2.02. The van der Waals surface area contributed by atoms with Gasteiger partial charge in [0.2, 0.25) is 0 Å². The molecule has 0 spiro atoms. The number of rotatable bonds is 5. The van der Waals surface area contributed by atoms with Gasteiger partial charge in [-0.05, 0) is 0 Å². The van der Waals surface area contributed by atoms with Crippen molar-refractivity contribution in [3.8, 4) is 0 Å². The van der Waals surface area contributed by atoms with E-state index in [1.165, 1.54) is 0 Å². The number of hydrogen-bond acceptors (Lipinski definition) is 6. The third-order valence-corrected chi connectivity index (χ3v) is 1.42. The van der Waals surface area contributed by atoms with Gasteiger partial charge in [0.05, 0.1) is 6.61 Å². The summed E-state index contributed by atoms with van der Waals surface area (Å²) in [6.45, 7) is -0.760. The molecule has 0 aromatic rings. The highest BCUT2D eigenvalue weighted by Gasteiger charge is 2.29. The van der Waals surface area contributed by atoms with Gasteiger partial charge in [0.15, 0.2) is 6.29 Å². The van der Waals surface area contributed by atoms with Gasteiger partial charge >= 0.3 is 0 Å². The normalized spacial score (nSPS) is 19.5. The second-order valence-electron chi connectivity index (χ2n) is 2.36. The minimum atomic E-state index is -1.79. The van der Waals surface area contributed by atoms with Crippen LogP contribution in [-0.4, -0.2) is 62.8 Å². The monoisotopic (exact) mass is 192 g/mol. The van der Waals surface area contributed by atoms with E-state index in [0.717, 1.165) is 0 Å². The molecule has 0 amide bonds. The number of hydrogen-bond donors (Lipinski definition) is 5. The Labute approximate surface area is 76.1 Å². The average molecular weight is 192 g/mol. The van der Waals surface area contributed by atoms with Crippen LogP contribution in [0.15, 0.2) is 0 Å². The SMILES string of the molecule is O=C[C@@H](O)[C@@H](O)[C@H](O)[C@H](O)CO.[C]. The minimum Gasteiger partial charge on any atom is -0.394 e. The van der Waals surface area contributed by atoms with Crippen LogP contribution in [0.2, 0.25) is 0 Å². The molecule has 0 aliphatic heterocycles. The fourth-order valence-corrected chi connectivity index (χ4v) is 0.618. The molecule has 6 heteroatoms. The van der Waals surface area contributed by atoms with Crippen LogP contribution in [0.1, 0.15) is 0 Å². The van der Waals surface area contributed by atoms with Crippen molar-refractivity contribution < 1.29 is 30.3 Å². The molecule has 0 aliphatic carbocycles. The molecule has 0 aromatic heterocycles. The quantitative estimate of drug-likeness (QED) is 0.291. The first kappa shape index (κ1) is 15.0. The first-order chi connectivity index (χ1) is 5.54. The molecule has 76 valence electrons. The predicted octanol–water partition coefficient (Wildman–Crippen LogP) is -3.30. The lowest BCUT2D eigenvalue weighted by Gasteiger charge is -2.22. The van der Waals surface area contributed by atoms with Gasteiger partial charge in [0.25, 0.3) is 0 Å². The lowest BCUT2D eigenvalue weighted by Crippen LogP contribution is -2.46. The Morgan fingerprint density at radius 3 is 1.85 bits per heavy atom. The zero-order valence-corrected chi connectivity index (χ0v) is 6.74. The summed E-state index contributed by atoms with van der Waals surface area (Å²) in [5.41, 5.74) is 0. The van der Waals surface area contributed by atoms with Gasteiger partial charge in [0, 0.05) is 7.43 Å². The molecule has 4 radical (unpaired) electrons. The highest BCUT2D eigenvalue weighted by atomic mass is 16.4. The number of carbonyl (C=O) groups excluding carboxylic acids is 1. The number of carbonyl (C=O) groups is 1. The van der Waals surface area contributed by atoms with Crippen molar-refractivity contribution in [2.75, 3.05) is 6.61 Å². The summed E-state index contributed by atoms with van der Waals surface area (Å²) in [6, 6.07) is 0. The summed E-state index contributed by atoms with van der Waals surface area (Å²) in [5, 5.41) is 43.5. The van der Waals surface area contributed by atoms with Crippen molar-refractivity contribution in [1.82, 2.24) is 0 Å². The molecule has 0 heterocycles. The molecule has 0 unspecified atom stereocenters. The topological polar surface area (TPSA) is 118 Å². The fourth-order valence-electron chi connectivity index (χ4n) is 0.618. The largest absolute Gasteiger partial charge is 0.394 e. The van der Waals surface area contributed by atoms with Gasteiger partial charge in [0.1, 0.15) is 24.4 Å². The van der Waals surface area contributed by atoms with E-state index in [1.54, 1.807) is 0 Å². The van der Waals surface area contributed by atoms with Gasteiger partial charge in [-0.25, -0.2) is 0 Å². The number of aliphatic hydroxyl groups excluding tert-OH is 5. The van der Waals surface area contributed by atoms with Crippen LogP contribution in [0.25, 0.3) is 0 Å². The van der Waals surface area contributed by atoms with E-state index in [2.05, 4.69) is 0 Å². The van der Waals surface area contributed by atoms with E-state index < -0.39 is 31.0 Å². The average Bonchev–Trinajstić information content (AvgIpc) is 2.12. The third kappa shape index (κ3) is 4.30.